The average Bonchev–Trinajstić information content (AvgIpc) is 3.00. The van der Waals surface area contributed by atoms with Crippen molar-refractivity contribution in [3.63, 3.8) is 0 Å². The molecule has 5 nitrogen and oxygen atoms in total. The van der Waals surface area contributed by atoms with Crippen LogP contribution in [0.1, 0.15) is 36.0 Å². The van der Waals surface area contributed by atoms with Crippen LogP contribution < -0.4 is 4.74 Å². The van der Waals surface area contributed by atoms with Crippen molar-refractivity contribution in [2.45, 2.75) is 31.7 Å². The molecule has 3 rings (SSSR count). The maximum absolute atomic E-state index is 12.8. The SMILES string of the molecule is COc1c(Cl)cc(Cl)cc1C(=O)N1CCC(N2CCCC2=O)CC1. The number of nitrogens with zero attached hydrogens (tertiary/aromatic N) is 2. The van der Waals surface area contributed by atoms with E-state index in [9.17, 15) is 9.59 Å². The topological polar surface area (TPSA) is 49.9 Å². The third kappa shape index (κ3) is 3.33. The van der Waals surface area contributed by atoms with Crippen LogP contribution in [-0.2, 0) is 4.79 Å². The fraction of sp³-hybridized carbons (Fsp3) is 0.529. The quantitative estimate of drug-likeness (QED) is 0.820. The number of hydrogen-bond acceptors (Lipinski definition) is 3. The minimum absolute atomic E-state index is 0.137. The first kappa shape index (κ1) is 17.4. The fourth-order valence-corrected chi connectivity index (χ4v) is 4.10. The van der Waals surface area contributed by atoms with Crippen molar-refractivity contribution in [1.29, 1.82) is 0 Å². The van der Waals surface area contributed by atoms with Crippen molar-refractivity contribution in [2.75, 3.05) is 26.7 Å². The van der Waals surface area contributed by atoms with E-state index in [0.29, 0.717) is 40.9 Å². The van der Waals surface area contributed by atoms with E-state index in [2.05, 4.69) is 0 Å². The summed E-state index contributed by atoms with van der Waals surface area (Å²) in [5.74, 6) is 0.452. The average molecular weight is 371 g/mol. The zero-order valence-corrected chi connectivity index (χ0v) is 15.1. The summed E-state index contributed by atoms with van der Waals surface area (Å²) in [6, 6.07) is 3.39. The highest BCUT2D eigenvalue weighted by molar-refractivity contribution is 6.36. The number of carbonyl (C=O) groups excluding carboxylic acids is 2. The summed E-state index contributed by atoms with van der Waals surface area (Å²) in [6.45, 7) is 2.07. The Morgan fingerprint density at radius 1 is 1.21 bits per heavy atom. The van der Waals surface area contributed by atoms with Gasteiger partial charge >= 0.3 is 0 Å². The molecule has 130 valence electrons. The van der Waals surface area contributed by atoms with Crippen molar-refractivity contribution in [3.8, 4) is 5.75 Å². The van der Waals surface area contributed by atoms with Crippen molar-refractivity contribution in [2.24, 2.45) is 0 Å². The Balaban J connectivity index is 1.70. The number of carbonyl (C=O) groups is 2. The van der Waals surface area contributed by atoms with Crippen molar-refractivity contribution < 1.29 is 14.3 Å². The molecule has 0 unspecified atom stereocenters. The van der Waals surface area contributed by atoms with Gasteiger partial charge in [0.05, 0.1) is 17.7 Å². The van der Waals surface area contributed by atoms with Crippen molar-refractivity contribution in [3.05, 3.63) is 27.7 Å². The van der Waals surface area contributed by atoms with E-state index >= 15 is 0 Å². The minimum Gasteiger partial charge on any atom is -0.494 e. The highest BCUT2D eigenvalue weighted by Gasteiger charge is 2.33. The number of hydrogen-bond donors (Lipinski definition) is 0. The second-order valence-corrected chi connectivity index (χ2v) is 7.03. The maximum atomic E-state index is 12.8. The van der Waals surface area contributed by atoms with E-state index in [-0.39, 0.29) is 17.9 Å². The van der Waals surface area contributed by atoms with E-state index in [4.69, 9.17) is 27.9 Å². The normalized spacial score (nSPS) is 19.0. The van der Waals surface area contributed by atoms with Crippen LogP contribution in [0.25, 0.3) is 0 Å². The van der Waals surface area contributed by atoms with E-state index in [1.54, 1.807) is 17.0 Å². The first-order valence-electron chi connectivity index (χ1n) is 8.13. The standard InChI is InChI=1S/C17H20Cl2N2O3/c1-24-16-13(9-11(18)10-14(16)19)17(23)20-7-4-12(5-8-20)21-6-2-3-15(21)22/h9-10,12H,2-8H2,1H3. The van der Waals surface area contributed by atoms with Crippen molar-refractivity contribution >= 4 is 35.0 Å². The molecule has 0 aromatic heterocycles. The van der Waals surface area contributed by atoms with Crippen molar-refractivity contribution in [1.82, 2.24) is 9.80 Å². The van der Waals surface area contributed by atoms with Gasteiger partial charge in [-0.3, -0.25) is 9.59 Å². The van der Waals surface area contributed by atoms with Gasteiger partial charge in [-0.2, -0.15) is 0 Å². The van der Waals surface area contributed by atoms with E-state index in [1.807, 2.05) is 4.90 Å². The summed E-state index contributed by atoms with van der Waals surface area (Å²) < 4.78 is 5.27. The van der Waals surface area contributed by atoms with E-state index < -0.39 is 0 Å². The van der Waals surface area contributed by atoms with Gasteiger partial charge < -0.3 is 14.5 Å². The lowest BCUT2D eigenvalue weighted by Gasteiger charge is -2.36. The summed E-state index contributed by atoms with van der Waals surface area (Å²) in [4.78, 5) is 28.4. The Morgan fingerprint density at radius 2 is 1.92 bits per heavy atom. The Morgan fingerprint density at radius 3 is 2.50 bits per heavy atom. The number of likely N-dealkylation sites (tertiary alicyclic amines) is 2. The lowest BCUT2D eigenvalue weighted by atomic mass is 10.0. The van der Waals surface area contributed by atoms with Gasteiger partial charge in [-0.05, 0) is 31.4 Å². The summed E-state index contributed by atoms with van der Waals surface area (Å²) in [5, 5.41) is 0.729. The molecule has 2 fully saturated rings. The first-order chi connectivity index (χ1) is 11.5. The molecule has 0 saturated carbocycles. The minimum atomic E-state index is -0.137. The summed E-state index contributed by atoms with van der Waals surface area (Å²) in [7, 11) is 1.48. The summed E-state index contributed by atoms with van der Waals surface area (Å²) in [6.07, 6.45) is 3.19. The molecule has 1 aromatic carbocycles. The number of rotatable bonds is 3. The number of benzene rings is 1. The highest BCUT2D eigenvalue weighted by Crippen LogP contribution is 2.33. The first-order valence-corrected chi connectivity index (χ1v) is 8.88. The lowest BCUT2D eigenvalue weighted by molar-refractivity contribution is -0.130. The molecule has 0 N–H and O–H groups in total. The molecular weight excluding hydrogens is 351 g/mol. The highest BCUT2D eigenvalue weighted by atomic mass is 35.5. The molecule has 2 saturated heterocycles. The number of ether oxygens (including phenoxy) is 1. The number of amides is 2. The van der Waals surface area contributed by atoms with Crippen LogP contribution in [0.2, 0.25) is 10.0 Å². The molecule has 0 radical (unpaired) electrons. The third-order valence-corrected chi connectivity index (χ3v) is 5.24. The van der Waals surface area contributed by atoms with Crippen LogP contribution in [0.15, 0.2) is 12.1 Å². The van der Waals surface area contributed by atoms with Crippen LogP contribution in [-0.4, -0.2) is 54.4 Å². The van der Waals surface area contributed by atoms with Crippen LogP contribution in [0.3, 0.4) is 0 Å². The zero-order valence-electron chi connectivity index (χ0n) is 13.6. The van der Waals surface area contributed by atoms with Crippen LogP contribution in [0, 0.1) is 0 Å². The van der Waals surface area contributed by atoms with Gasteiger partial charge in [-0.15, -0.1) is 0 Å². The Labute approximate surface area is 151 Å². The van der Waals surface area contributed by atoms with Gasteiger partial charge in [0.15, 0.2) is 0 Å². The molecule has 0 spiro atoms. The molecule has 1 aromatic rings. The van der Waals surface area contributed by atoms with Gasteiger partial charge in [0, 0.05) is 37.1 Å². The second-order valence-electron chi connectivity index (χ2n) is 6.18. The molecule has 0 aliphatic carbocycles. The predicted molar refractivity (Wildman–Crippen MR) is 92.9 cm³/mol. The van der Waals surface area contributed by atoms with Crippen LogP contribution in [0.5, 0.6) is 5.75 Å². The maximum Gasteiger partial charge on any atom is 0.257 e. The number of halogens is 2. The van der Waals surface area contributed by atoms with Crippen LogP contribution in [0.4, 0.5) is 0 Å². The fourth-order valence-electron chi connectivity index (χ4n) is 3.53. The number of piperidine rings is 1. The Kier molecular flexibility index (Phi) is 5.21. The number of methoxy groups -OCH3 is 1. The molecule has 2 aliphatic rings. The van der Waals surface area contributed by atoms with Crippen LogP contribution >= 0.6 is 23.2 Å². The Bertz CT molecular complexity index is 657. The Hall–Kier alpha value is -1.46. The van der Waals surface area contributed by atoms with Gasteiger partial charge in [-0.1, -0.05) is 23.2 Å². The zero-order chi connectivity index (χ0) is 17.3. The van der Waals surface area contributed by atoms with E-state index in [1.165, 1.54) is 7.11 Å². The molecule has 24 heavy (non-hydrogen) atoms. The molecule has 2 aliphatic heterocycles. The largest absolute Gasteiger partial charge is 0.494 e. The molecule has 7 heteroatoms. The predicted octanol–water partition coefficient (Wildman–Crippen LogP) is 3.23. The summed E-state index contributed by atoms with van der Waals surface area (Å²) >= 11 is 12.2. The van der Waals surface area contributed by atoms with Gasteiger partial charge in [0.25, 0.3) is 5.91 Å². The monoisotopic (exact) mass is 370 g/mol. The lowest BCUT2D eigenvalue weighted by Crippen LogP contribution is -2.47. The van der Waals surface area contributed by atoms with Gasteiger partial charge in [-0.25, -0.2) is 0 Å². The molecule has 2 heterocycles. The summed E-state index contributed by atoms with van der Waals surface area (Å²) in [5.41, 5.74) is 0.380. The smallest absolute Gasteiger partial charge is 0.257 e. The van der Waals surface area contributed by atoms with E-state index in [0.717, 1.165) is 25.8 Å². The third-order valence-electron chi connectivity index (χ3n) is 4.75. The molecule has 2 amide bonds. The van der Waals surface area contributed by atoms with Gasteiger partial charge in [0.2, 0.25) is 5.91 Å². The molecule has 0 atom stereocenters. The van der Waals surface area contributed by atoms with Gasteiger partial charge in [0.1, 0.15) is 5.75 Å². The molecular formula is C17H20Cl2N2O3. The second kappa shape index (κ2) is 7.19. The molecule has 0 bridgehead atoms.